The maximum absolute atomic E-state index is 13.8. The molecule has 1 aliphatic rings. The van der Waals surface area contributed by atoms with Gasteiger partial charge in [0.05, 0.1) is 37.2 Å². The molecule has 1 saturated heterocycles. The van der Waals surface area contributed by atoms with E-state index in [1.807, 2.05) is 36.4 Å². The average Bonchev–Trinajstić information content (AvgIpc) is 3.69. The predicted octanol–water partition coefficient (Wildman–Crippen LogP) is 5.41. The van der Waals surface area contributed by atoms with Gasteiger partial charge in [0.2, 0.25) is 0 Å². The second-order valence-corrected chi connectivity index (χ2v) is 11.2. The zero-order valence-corrected chi connectivity index (χ0v) is 25.6. The number of hydrogen-bond donors (Lipinski definition) is 1. The molecule has 0 bridgehead atoms. The van der Waals surface area contributed by atoms with E-state index in [1.54, 1.807) is 54.8 Å². The maximum Gasteiger partial charge on any atom is 0.350 e. The molecule has 228 valence electrons. The number of ether oxygens (including phenoxy) is 3. The molecule has 0 radical (unpaired) electrons. The van der Waals surface area contributed by atoms with Crippen LogP contribution in [0.2, 0.25) is 0 Å². The highest BCUT2D eigenvalue weighted by atomic mass is 32.1. The number of aliphatic hydroxyl groups is 1. The van der Waals surface area contributed by atoms with Crippen molar-refractivity contribution in [2.24, 2.45) is 0 Å². The Morgan fingerprint density at radius 1 is 0.956 bits per heavy atom. The highest BCUT2D eigenvalue weighted by Crippen LogP contribution is 2.46. The summed E-state index contributed by atoms with van der Waals surface area (Å²) in [6, 6.07) is 18.9. The lowest BCUT2D eigenvalue weighted by atomic mass is 9.96. The smallest absolute Gasteiger partial charge is 0.350 e. The largest absolute Gasteiger partial charge is 0.505 e. The second-order valence-electron chi connectivity index (χ2n) is 10.2. The van der Waals surface area contributed by atoms with Crippen molar-refractivity contribution in [2.45, 2.75) is 26.5 Å². The van der Waals surface area contributed by atoms with Crippen molar-refractivity contribution in [1.29, 1.82) is 0 Å². The SMILES string of the molecule is COC(=O)c1sc(N2C(=O)C(=O)C(=C(O)c3c(C)nc4ccccn34)C2c2ccc(OCc3ccccc3)c(OC)c2)nc1C. The molecule has 1 fully saturated rings. The highest BCUT2D eigenvalue weighted by Gasteiger charge is 2.49. The van der Waals surface area contributed by atoms with Crippen molar-refractivity contribution in [3.8, 4) is 11.5 Å². The number of rotatable bonds is 8. The number of benzene rings is 2. The molecule has 0 spiro atoms. The Morgan fingerprint density at radius 2 is 1.71 bits per heavy atom. The zero-order chi connectivity index (χ0) is 31.8. The first-order valence-electron chi connectivity index (χ1n) is 13.9. The lowest BCUT2D eigenvalue weighted by molar-refractivity contribution is -0.132. The number of aromatic nitrogens is 3. The molecular formula is C33H28N4O7S. The van der Waals surface area contributed by atoms with Crippen LogP contribution in [0.15, 0.2) is 78.5 Å². The van der Waals surface area contributed by atoms with Gasteiger partial charge >= 0.3 is 11.9 Å². The van der Waals surface area contributed by atoms with Crippen molar-refractivity contribution in [3.05, 3.63) is 112 Å². The van der Waals surface area contributed by atoms with Crippen LogP contribution in [-0.2, 0) is 20.9 Å². The third-order valence-corrected chi connectivity index (χ3v) is 8.61. The van der Waals surface area contributed by atoms with Gasteiger partial charge < -0.3 is 19.3 Å². The number of aliphatic hydroxyl groups excluding tert-OH is 1. The van der Waals surface area contributed by atoms with Gasteiger partial charge in [-0.1, -0.05) is 53.8 Å². The van der Waals surface area contributed by atoms with Gasteiger partial charge in [0.15, 0.2) is 22.4 Å². The number of thiazole rings is 1. The number of nitrogens with zero attached hydrogens (tertiary/aromatic N) is 4. The number of amides is 1. The summed E-state index contributed by atoms with van der Waals surface area (Å²) in [6.45, 7) is 3.61. The van der Waals surface area contributed by atoms with Crippen LogP contribution >= 0.6 is 11.3 Å². The average molecular weight is 625 g/mol. The van der Waals surface area contributed by atoms with Gasteiger partial charge in [0, 0.05) is 6.20 Å². The van der Waals surface area contributed by atoms with Crippen LogP contribution in [0.25, 0.3) is 11.4 Å². The number of hydrogen-bond acceptors (Lipinski definition) is 10. The van der Waals surface area contributed by atoms with E-state index >= 15 is 0 Å². The molecule has 1 aliphatic heterocycles. The lowest BCUT2D eigenvalue weighted by Gasteiger charge is -2.24. The molecule has 2 aromatic carbocycles. The summed E-state index contributed by atoms with van der Waals surface area (Å²) in [4.78, 5) is 50.4. The van der Waals surface area contributed by atoms with Gasteiger partial charge in [0.25, 0.3) is 5.78 Å². The Hall–Kier alpha value is -5.49. The second kappa shape index (κ2) is 11.9. The molecule has 1 amide bonds. The monoisotopic (exact) mass is 624 g/mol. The number of Topliss-reactive ketones (excluding diaryl/α,β-unsaturated/α-hetero) is 1. The Morgan fingerprint density at radius 3 is 2.44 bits per heavy atom. The summed E-state index contributed by atoms with van der Waals surface area (Å²) in [5.41, 5.74) is 2.86. The summed E-state index contributed by atoms with van der Waals surface area (Å²) in [6.07, 6.45) is 1.71. The van der Waals surface area contributed by atoms with Crippen molar-refractivity contribution >= 4 is 45.5 Å². The Bertz CT molecular complexity index is 2000. The first kappa shape index (κ1) is 29.6. The fourth-order valence-electron chi connectivity index (χ4n) is 5.35. The summed E-state index contributed by atoms with van der Waals surface area (Å²) >= 11 is 0.919. The summed E-state index contributed by atoms with van der Waals surface area (Å²) < 4.78 is 18.2. The summed E-state index contributed by atoms with van der Waals surface area (Å²) in [5.74, 6) is -2.06. The van der Waals surface area contributed by atoms with E-state index in [0.717, 1.165) is 16.9 Å². The topological polar surface area (TPSA) is 133 Å². The van der Waals surface area contributed by atoms with Crippen LogP contribution in [0.5, 0.6) is 11.5 Å². The Balaban J connectivity index is 1.52. The molecule has 3 aromatic heterocycles. The van der Waals surface area contributed by atoms with Crippen molar-refractivity contribution in [2.75, 3.05) is 19.1 Å². The van der Waals surface area contributed by atoms with E-state index in [1.165, 1.54) is 19.1 Å². The minimum atomic E-state index is -1.13. The Kier molecular flexibility index (Phi) is 7.81. The minimum Gasteiger partial charge on any atom is -0.505 e. The number of anilines is 1. The van der Waals surface area contributed by atoms with Crippen molar-refractivity contribution in [3.63, 3.8) is 0 Å². The third kappa shape index (κ3) is 5.18. The van der Waals surface area contributed by atoms with Crippen LogP contribution in [0, 0.1) is 13.8 Å². The number of carbonyl (C=O) groups is 3. The van der Waals surface area contributed by atoms with Gasteiger partial charge in [-0.05, 0) is 49.2 Å². The van der Waals surface area contributed by atoms with Crippen LogP contribution in [0.1, 0.15) is 43.9 Å². The predicted molar refractivity (Wildman–Crippen MR) is 167 cm³/mol. The lowest BCUT2D eigenvalue weighted by Crippen LogP contribution is -2.29. The minimum absolute atomic E-state index is 0.0947. The molecule has 11 nitrogen and oxygen atoms in total. The molecule has 1 atom stereocenters. The molecule has 6 rings (SSSR count). The molecule has 1 N–H and O–H groups in total. The van der Waals surface area contributed by atoms with Crippen LogP contribution < -0.4 is 14.4 Å². The van der Waals surface area contributed by atoms with Crippen LogP contribution in [-0.4, -0.2) is 51.4 Å². The molecule has 0 aliphatic carbocycles. The number of esters is 1. The Labute approximate surface area is 261 Å². The van der Waals surface area contributed by atoms with E-state index in [4.69, 9.17) is 14.2 Å². The fourth-order valence-corrected chi connectivity index (χ4v) is 6.36. The molecule has 4 heterocycles. The quantitative estimate of drug-likeness (QED) is 0.104. The van der Waals surface area contributed by atoms with E-state index in [9.17, 15) is 19.5 Å². The van der Waals surface area contributed by atoms with E-state index in [0.29, 0.717) is 34.1 Å². The number of pyridine rings is 1. The van der Waals surface area contributed by atoms with E-state index in [-0.39, 0.29) is 27.9 Å². The molecular weight excluding hydrogens is 596 g/mol. The zero-order valence-electron chi connectivity index (χ0n) is 24.8. The summed E-state index contributed by atoms with van der Waals surface area (Å²) in [7, 11) is 2.74. The number of fused-ring (bicyclic) bond motifs is 1. The van der Waals surface area contributed by atoms with E-state index < -0.39 is 29.5 Å². The number of ketones is 1. The number of imidazole rings is 1. The molecule has 0 saturated carbocycles. The molecule has 12 heteroatoms. The van der Waals surface area contributed by atoms with Gasteiger partial charge in [0.1, 0.15) is 22.8 Å². The molecule has 1 unspecified atom stereocenters. The van der Waals surface area contributed by atoms with Gasteiger partial charge in [-0.3, -0.25) is 18.9 Å². The fraction of sp³-hybridized carbons (Fsp3) is 0.182. The van der Waals surface area contributed by atoms with Crippen LogP contribution in [0.3, 0.4) is 0 Å². The third-order valence-electron chi connectivity index (χ3n) is 7.48. The number of carbonyl (C=O) groups excluding carboxylic acids is 3. The standard InChI is InChI=1S/C33H28N4O7S/c1-18-26(36-15-9-8-12-24(36)34-18)28(38)25-27(37(31(40)29(25)39)33-35-19(2)30(45-33)32(41)43-4)21-13-14-22(23(16-21)42-3)44-17-20-10-6-5-7-11-20/h5-16,27,38H,17H2,1-4H3. The van der Waals surface area contributed by atoms with Crippen molar-refractivity contribution < 1.29 is 33.7 Å². The highest BCUT2D eigenvalue weighted by molar-refractivity contribution is 7.17. The number of methoxy groups -OCH3 is 2. The molecule has 5 aromatic rings. The molecule has 45 heavy (non-hydrogen) atoms. The van der Waals surface area contributed by atoms with E-state index in [2.05, 4.69) is 9.97 Å². The maximum atomic E-state index is 13.8. The summed E-state index contributed by atoms with van der Waals surface area (Å²) in [5, 5.41) is 11.9. The first-order valence-corrected chi connectivity index (χ1v) is 14.7. The van der Waals surface area contributed by atoms with Gasteiger partial charge in [-0.25, -0.2) is 14.8 Å². The van der Waals surface area contributed by atoms with Gasteiger partial charge in [-0.15, -0.1) is 0 Å². The van der Waals surface area contributed by atoms with Crippen molar-refractivity contribution in [1.82, 2.24) is 14.4 Å². The first-order chi connectivity index (χ1) is 21.7. The van der Waals surface area contributed by atoms with Gasteiger partial charge in [-0.2, -0.15) is 0 Å². The number of aryl methyl sites for hydroxylation is 2. The normalized spacial score (nSPS) is 15.9. The van der Waals surface area contributed by atoms with Crippen LogP contribution in [0.4, 0.5) is 5.13 Å².